The Kier molecular flexibility index (Phi) is 5.08. The first-order valence-electron chi connectivity index (χ1n) is 9.27. The van der Waals surface area contributed by atoms with Crippen molar-refractivity contribution in [3.63, 3.8) is 0 Å². The lowest BCUT2D eigenvalue weighted by atomic mass is 10.1. The number of carbonyl (C=O) groups excluding carboxylic acids is 2. The summed E-state index contributed by atoms with van der Waals surface area (Å²) < 4.78 is 7.01. The Morgan fingerprint density at radius 1 is 1.14 bits per heavy atom. The smallest absolute Gasteiger partial charge is 0.253 e. The van der Waals surface area contributed by atoms with Crippen LogP contribution in [0.25, 0.3) is 11.0 Å². The topological polar surface area (TPSA) is 76.5 Å². The van der Waals surface area contributed by atoms with Crippen molar-refractivity contribution in [2.24, 2.45) is 0 Å². The predicted octanol–water partition coefficient (Wildman–Crippen LogP) is 2.28. The summed E-state index contributed by atoms with van der Waals surface area (Å²) in [6.45, 7) is 1.24. The summed E-state index contributed by atoms with van der Waals surface area (Å²) in [4.78, 5) is 31.8. The number of nitrogens with zero attached hydrogens (tertiary/aromatic N) is 3. The third-order valence-corrected chi connectivity index (χ3v) is 4.91. The lowest BCUT2D eigenvalue weighted by Gasteiger charge is -2.15. The summed E-state index contributed by atoms with van der Waals surface area (Å²) in [5.41, 5.74) is 2.68. The van der Waals surface area contributed by atoms with Gasteiger partial charge in [0.25, 0.3) is 5.91 Å². The first-order chi connectivity index (χ1) is 13.7. The minimum Gasteiger partial charge on any atom is -0.383 e. The van der Waals surface area contributed by atoms with Crippen LogP contribution in [0.15, 0.2) is 54.6 Å². The minimum atomic E-state index is -0.602. The van der Waals surface area contributed by atoms with Gasteiger partial charge in [-0.15, -0.1) is 0 Å². The van der Waals surface area contributed by atoms with E-state index < -0.39 is 6.04 Å². The summed E-state index contributed by atoms with van der Waals surface area (Å²) in [5, 5.41) is 2.91. The second-order valence-corrected chi connectivity index (χ2v) is 6.74. The average Bonchev–Trinajstić information content (AvgIpc) is 3.21. The number of hydrogen-bond acceptors (Lipinski definition) is 4. The molecule has 1 N–H and O–H groups in total. The molecule has 0 saturated carbocycles. The normalized spacial score (nSPS) is 15.8. The van der Waals surface area contributed by atoms with Crippen LogP contribution in [0.5, 0.6) is 0 Å². The van der Waals surface area contributed by atoms with E-state index in [-0.39, 0.29) is 18.2 Å². The van der Waals surface area contributed by atoms with Crippen molar-refractivity contribution < 1.29 is 14.3 Å². The molecule has 0 saturated heterocycles. The third kappa shape index (κ3) is 3.36. The Balaban J connectivity index is 1.56. The van der Waals surface area contributed by atoms with Crippen LogP contribution in [0, 0.1) is 0 Å². The summed E-state index contributed by atoms with van der Waals surface area (Å²) in [6.07, 6.45) is 0.0719. The number of anilines is 1. The number of hydrogen-bond donors (Lipinski definition) is 1. The van der Waals surface area contributed by atoms with Gasteiger partial charge in [-0.2, -0.15) is 0 Å². The van der Waals surface area contributed by atoms with Crippen molar-refractivity contribution in [1.29, 1.82) is 0 Å². The summed E-state index contributed by atoms with van der Waals surface area (Å²) in [5.74, 6) is 0.281. The van der Waals surface area contributed by atoms with E-state index in [4.69, 9.17) is 4.74 Å². The van der Waals surface area contributed by atoms with Gasteiger partial charge in [-0.1, -0.05) is 42.5 Å². The second-order valence-electron chi connectivity index (χ2n) is 6.74. The third-order valence-electron chi connectivity index (χ3n) is 4.91. The molecule has 3 aromatic rings. The summed E-state index contributed by atoms with van der Waals surface area (Å²) in [7, 11) is 1.60. The molecule has 2 aromatic carbocycles. The van der Waals surface area contributed by atoms with E-state index in [1.165, 1.54) is 0 Å². The van der Waals surface area contributed by atoms with Crippen LogP contribution in [-0.4, -0.2) is 41.6 Å². The lowest BCUT2D eigenvalue weighted by molar-refractivity contribution is -0.127. The number of fused-ring (bicyclic) bond motifs is 3. The Labute approximate surface area is 162 Å². The highest BCUT2D eigenvalue weighted by atomic mass is 16.5. The van der Waals surface area contributed by atoms with Gasteiger partial charge in [0.15, 0.2) is 0 Å². The Morgan fingerprint density at radius 2 is 1.89 bits per heavy atom. The standard InChI is InChI=1S/C21H22N4O3/c1-28-12-11-24-20(27)18(13-19(26)22-14-15-7-3-2-4-8-15)25-17-10-6-5-9-16(17)23-21(24)25/h2-10,18H,11-14H2,1H3,(H,22,26). The van der Waals surface area contributed by atoms with Gasteiger partial charge in [0.2, 0.25) is 11.9 Å². The summed E-state index contributed by atoms with van der Waals surface area (Å²) in [6, 6.07) is 16.8. The maximum atomic E-state index is 13.0. The highest BCUT2D eigenvalue weighted by molar-refractivity contribution is 6.03. The molecule has 1 atom stereocenters. The van der Waals surface area contributed by atoms with Crippen LogP contribution >= 0.6 is 0 Å². The van der Waals surface area contributed by atoms with Crippen molar-refractivity contribution in [3.8, 4) is 0 Å². The number of imidazole rings is 1. The minimum absolute atomic E-state index is 0.0719. The molecule has 4 rings (SSSR count). The molecule has 0 spiro atoms. The van der Waals surface area contributed by atoms with Crippen LogP contribution in [0.4, 0.5) is 5.95 Å². The van der Waals surface area contributed by atoms with Gasteiger partial charge in [-0.05, 0) is 17.7 Å². The van der Waals surface area contributed by atoms with Crippen molar-refractivity contribution in [2.75, 3.05) is 25.2 Å². The molecule has 1 aliphatic heterocycles. The molecule has 0 bridgehead atoms. The molecule has 0 fully saturated rings. The largest absolute Gasteiger partial charge is 0.383 e. The highest BCUT2D eigenvalue weighted by Gasteiger charge is 2.40. The molecule has 7 nitrogen and oxygen atoms in total. The van der Waals surface area contributed by atoms with E-state index >= 15 is 0 Å². The monoisotopic (exact) mass is 378 g/mol. The fraction of sp³-hybridized carbons (Fsp3) is 0.286. The molecular formula is C21H22N4O3. The fourth-order valence-corrected chi connectivity index (χ4v) is 3.53. The van der Waals surface area contributed by atoms with Crippen LogP contribution in [-0.2, 0) is 20.9 Å². The number of rotatable bonds is 7. The highest BCUT2D eigenvalue weighted by Crippen LogP contribution is 2.36. The number of carbonyl (C=O) groups is 2. The number of aromatic nitrogens is 2. The van der Waals surface area contributed by atoms with Crippen LogP contribution in [0.1, 0.15) is 18.0 Å². The van der Waals surface area contributed by atoms with E-state index in [2.05, 4.69) is 10.3 Å². The zero-order valence-corrected chi connectivity index (χ0v) is 15.7. The Morgan fingerprint density at radius 3 is 2.68 bits per heavy atom. The number of methoxy groups -OCH3 is 1. The first-order valence-corrected chi connectivity index (χ1v) is 9.27. The molecule has 1 aromatic heterocycles. The van der Waals surface area contributed by atoms with Crippen molar-refractivity contribution in [3.05, 3.63) is 60.2 Å². The lowest BCUT2D eigenvalue weighted by Crippen LogP contribution is -2.34. The first kappa shape index (κ1) is 18.2. The van der Waals surface area contributed by atoms with E-state index in [0.717, 1.165) is 16.6 Å². The second kappa shape index (κ2) is 7.82. The van der Waals surface area contributed by atoms with Crippen LogP contribution < -0.4 is 10.2 Å². The van der Waals surface area contributed by atoms with Gasteiger partial charge < -0.3 is 10.1 Å². The van der Waals surface area contributed by atoms with E-state index in [0.29, 0.717) is 25.6 Å². The molecule has 1 unspecified atom stereocenters. The van der Waals surface area contributed by atoms with Gasteiger partial charge in [0, 0.05) is 13.7 Å². The molecule has 1 aliphatic rings. The van der Waals surface area contributed by atoms with Crippen molar-refractivity contribution in [1.82, 2.24) is 14.9 Å². The zero-order valence-electron chi connectivity index (χ0n) is 15.7. The maximum Gasteiger partial charge on any atom is 0.253 e. The van der Waals surface area contributed by atoms with E-state index in [9.17, 15) is 9.59 Å². The molecule has 0 radical (unpaired) electrons. The Bertz CT molecular complexity index is 999. The zero-order chi connectivity index (χ0) is 19.5. The fourth-order valence-electron chi connectivity index (χ4n) is 3.53. The van der Waals surface area contributed by atoms with E-state index in [1.807, 2.05) is 59.2 Å². The molecule has 7 heteroatoms. The van der Waals surface area contributed by atoms with Gasteiger partial charge in [-0.25, -0.2) is 4.98 Å². The number of para-hydroxylation sites is 2. The molecule has 0 aliphatic carbocycles. The molecule has 144 valence electrons. The maximum absolute atomic E-state index is 13.0. The quantitative estimate of drug-likeness (QED) is 0.684. The average molecular weight is 378 g/mol. The molecule has 2 heterocycles. The summed E-state index contributed by atoms with van der Waals surface area (Å²) >= 11 is 0. The van der Waals surface area contributed by atoms with Crippen molar-refractivity contribution in [2.45, 2.75) is 19.0 Å². The number of nitrogens with one attached hydrogen (secondary N) is 1. The number of ether oxygens (including phenoxy) is 1. The number of amides is 2. The van der Waals surface area contributed by atoms with Crippen molar-refractivity contribution >= 4 is 28.8 Å². The van der Waals surface area contributed by atoms with Gasteiger partial charge in [0.1, 0.15) is 6.04 Å². The van der Waals surface area contributed by atoms with Gasteiger partial charge in [-0.3, -0.25) is 19.1 Å². The molecule has 2 amide bonds. The number of benzene rings is 2. The Hall–Kier alpha value is -3.19. The van der Waals surface area contributed by atoms with E-state index in [1.54, 1.807) is 12.0 Å². The predicted molar refractivity (Wildman–Crippen MR) is 106 cm³/mol. The van der Waals surface area contributed by atoms with Crippen LogP contribution in [0.3, 0.4) is 0 Å². The van der Waals surface area contributed by atoms with Gasteiger partial charge >= 0.3 is 0 Å². The molecule has 28 heavy (non-hydrogen) atoms. The SMILES string of the molecule is COCCN1C(=O)C(CC(=O)NCc2ccccc2)n2c1nc1ccccc12. The van der Waals surface area contributed by atoms with Gasteiger partial charge in [0.05, 0.1) is 30.6 Å². The van der Waals surface area contributed by atoms with Crippen LogP contribution in [0.2, 0.25) is 0 Å². The molecular weight excluding hydrogens is 356 g/mol.